The summed E-state index contributed by atoms with van der Waals surface area (Å²) in [5.41, 5.74) is 2.69. The normalized spacial score (nSPS) is 11.1. The summed E-state index contributed by atoms with van der Waals surface area (Å²) in [6.07, 6.45) is 3.31. The first kappa shape index (κ1) is 20.1. The number of hydrogen-bond acceptors (Lipinski definition) is 4. The zero-order chi connectivity index (χ0) is 20.9. The fourth-order valence-electron chi connectivity index (χ4n) is 2.87. The zero-order valence-electron chi connectivity index (χ0n) is 16.3. The minimum absolute atomic E-state index is 0.118. The number of nitrogens with zero attached hydrogens (tertiary/aromatic N) is 2. The Morgan fingerprint density at radius 3 is 2.53 bits per heavy atom. The standard InChI is InChI=1S/C24H19ClN2O2S/c1-27(24(28)15-8-17-6-9-18(25)10-7-17)19-11-13-20(14-12-19)29-16-23-26-21-4-2-3-5-22(21)30-23/h2-15H,16H2,1H3/b15-8+. The summed E-state index contributed by atoms with van der Waals surface area (Å²) in [7, 11) is 1.74. The summed E-state index contributed by atoms with van der Waals surface area (Å²) in [6, 6.07) is 22.8. The second kappa shape index (κ2) is 9.11. The van der Waals surface area contributed by atoms with Crippen LogP contribution in [0.2, 0.25) is 5.02 Å². The summed E-state index contributed by atoms with van der Waals surface area (Å²) in [5.74, 6) is 0.614. The third-order valence-electron chi connectivity index (χ3n) is 4.54. The Balaban J connectivity index is 1.36. The molecular formula is C24H19ClN2O2S. The fraction of sp³-hybridized carbons (Fsp3) is 0.0833. The topological polar surface area (TPSA) is 42.4 Å². The number of aromatic nitrogens is 1. The molecule has 0 aliphatic heterocycles. The first-order valence-corrected chi connectivity index (χ1v) is 10.6. The van der Waals surface area contributed by atoms with Crippen molar-refractivity contribution in [3.8, 4) is 5.75 Å². The number of benzene rings is 3. The molecule has 0 aliphatic carbocycles. The van der Waals surface area contributed by atoms with Gasteiger partial charge in [0, 0.05) is 23.8 Å². The van der Waals surface area contributed by atoms with E-state index in [1.165, 1.54) is 0 Å². The van der Waals surface area contributed by atoms with Crippen LogP contribution in [-0.2, 0) is 11.4 Å². The lowest BCUT2D eigenvalue weighted by Crippen LogP contribution is -2.23. The maximum Gasteiger partial charge on any atom is 0.250 e. The Morgan fingerprint density at radius 2 is 1.80 bits per heavy atom. The van der Waals surface area contributed by atoms with Crippen LogP contribution in [0.25, 0.3) is 16.3 Å². The molecule has 4 rings (SSSR count). The molecule has 0 fully saturated rings. The minimum Gasteiger partial charge on any atom is -0.486 e. The van der Waals surface area contributed by atoms with Gasteiger partial charge in [0.15, 0.2) is 0 Å². The van der Waals surface area contributed by atoms with Crippen LogP contribution >= 0.6 is 22.9 Å². The molecule has 4 nitrogen and oxygen atoms in total. The molecule has 150 valence electrons. The number of fused-ring (bicyclic) bond motifs is 1. The van der Waals surface area contributed by atoms with E-state index < -0.39 is 0 Å². The van der Waals surface area contributed by atoms with Crippen molar-refractivity contribution in [2.75, 3.05) is 11.9 Å². The summed E-state index contributed by atoms with van der Waals surface area (Å²) in [4.78, 5) is 18.6. The van der Waals surface area contributed by atoms with Crippen LogP contribution in [0.1, 0.15) is 10.6 Å². The van der Waals surface area contributed by atoms with Crippen molar-refractivity contribution in [3.05, 3.63) is 94.5 Å². The number of halogens is 1. The molecule has 3 aromatic carbocycles. The lowest BCUT2D eigenvalue weighted by molar-refractivity contribution is -0.113. The molecule has 0 atom stereocenters. The van der Waals surface area contributed by atoms with Gasteiger partial charge in [-0.15, -0.1) is 11.3 Å². The lowest BCUT2D eigenvalue weighted by atomic mass is 10.2. The van der Waals surface area contributed by atoms with E-state index in [9.17, 15) is 4.79 Å². The lowest BCUT2D eigenvalue weighted by Gasteiger charge is -2.15. The Labute approximate surface area is 184 Å². The van der Waals surface area contributed by atoms with E-state index in [2.05, 4.69) is 11.1 Å². The number of anilines is 1. The highest BCUT2D eigenvalue weighted by atomic mass is 35.5. The van der Waals surface area contributed by atoms with Crippen LogP contribution in [0.15, 0.2) is 78.9 Å². The highest BCUT2D eigenvalue weighted by molar-refractivity contribution is 7.18. The first-order valence-electron chi connectivity index (χ1n) is 9.37. The van der Waals surface area contributed by atoms with Crippen molar-refractivity contribution >= 4 is 50.8 Å². The molecular weight excluding hydrogens is 416 g/mol. The van der Waals surface area contributed by atoms with Gasteiger partial charge in [-0.3, -0.25) is 4.79 Å². The van der Waals surface area contributed by atoms with Gasteiger partial charge in [0.25, 0.3) is 5.91 Å². The highest BCUT2D eigenvalue weighted by Crippen LogP contribution is 2.24. The number of rotatable bonds is 6. The van der Waals surface area contributed by atoms with Gasteiger partial charge in [0.2, 0.25) is 0 Å². The Hall–Kier alpha value is -3.15. The number of amides is 1. The number of likely N-dealkylation sites (N-methyl/N-ethyl adjacent to an activating group) is 1. The molecule has 0 radical (unpaired) electrons. The molecule has 1 aromatic heterocycles. The first-order chi connectivity index (χ1) is 14.6. The van der Waals surface area contributed by atoms with Gasteiger partial charge in [0.05, 0.1) is 10.2 Å². The molecule has 1 heterocycles. The van der Waals surface area contributed by atoms with Gasteiger partial charge in [-0.1, -0.05) is 35.9 Å². The predicted molar refractivity (Wildman–Crippen MR) is 124 cm³/mol. The second-order valence-electron chi connectivity index (χ2n) is 6.64. The summed E-state index contributed by atoms with van der Waals surface area (Å²) >= 11 is 7.51. The van der Waals surface area contributed by atoms with E-state index in [-0.39, 0.29) is 5.91 Å². The molecule has 0 spiro atoms. The third kappa shape index (κ3) is 4.87. The largest absolute Gasteiger partial charge is 0.486 e. The van der Waals surface area contributed by atoms with Crippen LogP contribution in [0.3, 0.4) is 0 Å². The maximum absolute atomic E-state index is 12.4. The predicted octanol–water partition coefficient (Wildman–Crippen LogP) is 6.20. The molecule has 1 amide bonds. The quantitative estimate of drug-likeness (QED) is 0.339. The van der Waals surface area contributed by atoms with Crippen LogP contribution in [-0.4, -0.2) is 17.9 Å². The molecule has 0 unspecified atom stereocenters. The van der Waals surface area contributed by atoms with E-state index in [0.29, 0.717) is 11.6 Å². The summed E-state index contributed by atoms with van der Waals surface area (Å²) in [6.45, 7) is 0.414. The fourth-order valence-corrected chi connectivity index (χ4v) is 3.88. The van der Waals surface area contributed by atoms with Crippen LogP contribution in [0.4, 0.5) is 5.69 Å². The minimum atomic E-state index is -0.118. The molecule has 0 bridgehead atoms. The number of para-hydroxylation sites is 1. The molecule has 0 aliphatic rings. The van der Waals surface area contributed by atoms with Crippen LogP contribution < -0.4 is 9.64 Å². The Kier molecular flexibility index (Phi) is 6.12. The SMILES string of the molecule is CN(C(=O)/C=C/c1ccc(Cl)cc1)c1ccc(OCc2nc3ccccc3s2)cc1. The van der Waals surface area contributed by atoms with E-state index in [1.54, 1.807) is 47.6 Å². The number of hydrogen-bond donors (Lipinski definition) is 0. The van der Waals surface area contributed by atoms with E-state index >= 15 is 0 Å². The van der Waals surface area contributed by atoms with Crippen molar-refractivity contribution in [2.45, 2.75) is 6.61 Å². The van der Waals surface area contributed by atoms with Gasteiger partial charge < -0.3 is 9.64 Å². The van der Waals surface area contributed by atoms with Crippen molar-refractivity contribution in [2.24, 2.45) is 0 Å². The van der Waals surface area contributed by atoms with Gasteiger partial charge in [0.1, 0.15) is 17.4 Å². The van der Waals surface area contributed by atoms with E-state index in [1.807, 2.05) is 54.6 Å². The van der Waals surface area contributed by atoms with Crippen molar-refractivity contribution in [1.82, 2.24) is 4.98 Å². The smallest absolute Gasteiger partial charge is 0.250 e. The molecule has 0 N–H and O–H groups in total. The second-order valence-corrected chi connectivity index (χ2v) is 8.19. The number of carbonyl (C=O) groups is 1. The van der Waals surface area contributed by atoms with Crippen molar-refractivity contribution in [3.63, 3.8) is 0 Å². The average molecular weight is 435 g/mol. The molecule has 30 heavy (non-hydrogen) atoms. The van der Waals surface area contributed by atoms with Crippen LogP contribution in [0, 0.1) is 0 Å². The number of thiazole rings is 1. The number of ether oxygens (including phenoxy) is 1. The Morgan fingerprint density at radius 1 is 1.07 bits per heavy atom. The number of carbonyl (C=O) groups excluding carboxylic acids is 1. The van der Waals surface area contributed by atoms with Crippen molar-refractivity contribution in [1.29, 1.82) is 0 Å². The summed E-state index contributed by atoms with van der Waals surface area (Å²) < 4.78 is 7.00. The highest BCUT2D eigenvalue weighted by Gasteiger charge is 2.09. The van der Waals surface area contributed by atoms with Gasteiger partial charge in [-0.25, -0.2) is 4.98 Å². The van der Waals surface area contributed by atoms with Crippen LogP contribution in [0.5, 0.6) is 5.75 Å². The molecule has 0 saturated carbocycles. The monoisotopic (exact) mass is 434 g/mol. The molecule has 0 saturated heterocycles. The molecule has 4 aromatic rings. The van der Waals surface area contributed by atoms with E-state index in [4.69, 9.17) is 16.3 Å². The van der Waals surface area contributed by atoms with Crippen molar-refractivity contribution < 1.29 is 9.53 Å². The summed E-state index contributed by atoms with van der Waals surface area (Å²) in [5, 5.41) is 1.60. The zero-order valence-corrected chi connectivity index (χ0v) is 17.9. The van der Waals surface area contributed by atoms with Gasteiger partial charge in [-0.2, -0.15) is 0 Å². The maximum atomic E-state index is 12.4. The molecule has 6 heteroatoms. The average Bonchev–Trinajstić information content (AvgIpc) is 3.20. The van der Waals surface area contributed by atoms with Gasteiger partial charge >= 0.3 is 0 Å². The Bertz CT molecular complexity index is 1150. The van der Waals surface area contributed by atoms with Gasteiger partial charge in [-0.05, 0) is 60.2 Å². The van der Waals surface area contributed by atoms with E-state index in [0.717, 1.165) is 32.2 Å². The third-order valence-corrected chi connectivity index (χ3v) is 5.81.